The molecule has 0 unspecified atom stereocenters. The molecule has 3 N–H and O–H groups in total. The van der Waals surface area contributed by atoms with Crippen molar-refractivity contribution in [1.82, 2.24) is 0 Å². The van der Waals surface area contributed by atoms with E-state index < -0.39 is 20.8 Å². The molecule has 72 valence electrons. The second-order valence-electron chi connectivity index (χ2n) is 2.13. The van der Waals surface area contributed by atoms with Crippen molar-refractivity contribution in [2.75, 3.05) is 0 Å². The SMILES string of the molecule is O=S(=O)(O)c1cc(O)ccc1O.[CaH2].[Zn]. The van der Waals surface area contributed by atoms with Gasteiger partial charge in [0.15, 0.2) is 0 Å². The van der Waals surface area contributed by atoms with Gasteiger partial charge >= 0.3 is 37.7 Å². The molecule has 0 aliphatic heterocycles. The van der Waals surface area contributed by atoms with Gasteiger partial charge in [0.1, 0.15) is 16.4 Å². The Hall–Kier alpha value is 0.613. The first-order valence-electron chi connectivity index (χ1n) is 2.91. The summed E-state index contributed by atoms with van der Waals surface area (Å²) >= 11 is 0. The second kappa shape index (κ2) is 6.25. The van der Waals surface area contributed by atoms with Crippen LogP contribution in [0.4, 0.5) is 0 Å². The number of phenolic OH excluding ortho intramolecular Hbond substituents is 2. The molecule has 8 heteroatoms. The minimum absolute atomic E-state index is 0. The fraction of sp³-hybridized carbons (Fsp3) is 0. The summed E-state index contributed by atoms with van der Waals surface area (Å²) in [6.07, 6.45) is 0. The van der Waals surface area contributed by atoms with E-state index >= 15 is 0 Å². The van der Waals surface area contributed by atoms with Crippen LogP contribution in [0.15, 0.2) is 23.1 Å². The summed E-state index contributed by atoms with van der Waals surface area (Å²) in [6, 6.07) is 2.83. The molecule has 14 heavy (non-hydrogen) atoms. The molecule has 0 heterocycles. The zero-order valence-electron chi connectivity index (χ0n) is 6.51. The van der Waals surface area contributed by atoms with E-state index in [1.807, 2.05) is 0 Å². The minimum atomic E-state index is -4.47. The number of benzene rings is 1. The maximum absolute atomic E-state index is 10.5. The molecule has 0 bridgehead atoms. The average molecular weight is 298 g/mol. The van der Waals surface area contributed by atoms with E-state index in [0.717, 1.165) is 18.2 Å². The molecule has 0 spiro atoms. The standard InChI is InChI=1S/C6H6O5S.Ca.Zn.2H/c7-4-1-2-5(8)6(3-4)12(9,10)11;;;;/h1-3,7-8H,(H,9,10,11);;;;. The van der Waals surface area contributed by atoms with E-state index in [1.54, 1.807) is 0 Å². The van der Waals surface area contributed by atoms with E-state index in [4.69, 9.17) is 14.8 Å². The summed E-state index contributed by atoms with van der Waals surface area (Å²) in [6.45, 7) is 0. The van der Waals surface area contributed by atoms with Crippen molar-refractivity contribution < 1.29 is 42.7 Å². The van der Waals surface area contributed by atoms with Gasteiger partial charge in [0, 0.05) is 25.5 Å². The molecule has 0 fully saturated rings. The van der Waals surface area contributed by atoms with Gasteiger partial charge in [0.25, 0.3) is 10.1 Å². The van der Waals surface area contributed by atoms with Crippen LogP contribution in [0, 0.1) is 0 Å². The molecule has 0 amide bonds. The van der Waals surface area contributed by atoms with Crippen LogP contribution in [-0.2, 0) is 29.6 Å². The molecule has 0 saturated carbocycles. The first-order valence-corrected chi connectivity index (χ1v) is 4.35. The predicted molar refractivity (Wildman–Crippen MR) is 48.1 cm³/mol. The molecule has 5 nitrogen and oxygen atoms in total. The van der Waals surface area contributed by atoms with Gasteiger partial charge in [-0.05, 0) is 12.1 Å². The second-order valence-corrected chi connectivity index (χ2v) is 3.52. The molecular weight excluding hydrogens is 290 g/mol. The fourth-order valence-electron chi connectivity index (χ4n) is 0.709. The Kier molecular flexibility index (Phi) is 7.60. The summed E-state index contributed by atoms with van der Waals surface area (Å²) in [5, 5.41) is 17.7. The Morgan fingerprint density at radius 3 is 2.00 bits per heavy atom. The van der Waals surface area contributed by atoms with Crippen molar-refractivity contribution in [3.05, 3.63) is 18.2 Å². The van der Waals surface area contributed by atoms with Gasteiger partial charge in [-0.25, -0.2) is 0 Å². The number of hydrogen-bond acceptors (Lipinski definition) is 4. The Morgan fingerprint density at radius 1 is 1.14 bits per heavy atom. The third-order valence-electron chi connectivity index (χ3n) is 1.22. The quantitative estimate of drug-likeness (QED) is 0.366. The van der Waals surface area contributed by atoms with Crippen LogP contribution in [-0.4, -0.2) is 60.9 Å². The van der Waals surface area contributed by atoms with Gasteiger partial charge in [-0.1, -0.05) is 0 Å². The topological polar surface area (TPSA) is 94.8 Å². The molecule has 0 radical (unpaired) electrons. The smallest absolute Gasteiger partial charge is 0 e. The summed E-state index contributed by atoms with van der Waals surface area (Å²) < 4.78 is 29.5. The van der Waals surface area contributed by atoms with E-state index in [1.165, 1.54) is 0 Å². The number of hydrogen-bond donors (Lipinski definition) is 3. The molecular formula is C6H8CaO5SZn. The molecule has 1 aromatic carbocycles. The third-order valence-corrected chi connectivity index (χ3v) is 2.10. The Morgan fingerprint density at radius 2 is 1.64 bits per heavy atom. The Bertz CT molecular complexity index is 405. The van der Waals surface area contributed by atoms with Gasteiger partial charge in [0.2, 0.25) is 0 Å². The van der Waals surface area contributed by atoms with E-state index in [0.29, 0.717) is 0 Å². The molecule has 0 atom stereocenters. The zero-order valence-corrected chi connectivity index (χ0v) is 10.3. The molecule has 1 rings (SSSR count). The van der Waals surface area contributed by atoms with Crippen LogP contribution >= 0.6 is 0 Å². The Balaban J connectivity index is 0. The van der Waals surface area contributed by atoms with Gasteiger partial charge in [0.05, 0.1) is 0 Å². The molecule has 0 saturated heterocycles. The largest absolute Gasteiger partial charge is 0 e. The molecule has 0 aliphatic rings. The minimum Gasteiger partial charge on any atom is 0 e. The van der Waals surface area contributed by atoms with E-state index in [-0.39, 0.29) is 63.0 Å². The predicted octanol–water partition coefficient (Wildman–Crippen LogP) is -0.574. The van der Waals surface area contributed by atoms with Crippen molar-refractivity contribution in [2.24, 2.45) is 0 Å². The first-order chi connectivity index (χ1) is 5.41. The molecule has 1 aromatic rings. The van der Waals surface area contributed by atoms with Gasteiger partial charge < -0.3 is 10.2 Å². The van der Waals surface area contributed by atoms with Crippen molar-refractivity contribution in [1.29, 1.82) is 0 Å². The average Bonchev–Trinajstić information content (AvgIpc) is 1.92. The number of rotatable bonds is 1. The van der Waals surface area contributed by atoms with Crippen LogP contribution in [0.1, 0.15) is 0 Å². The van der Waals surface area contributed by atoms with Crippen molar-refractivity contribution in [3.8, 4) is 11.5 Å². The van der Waals surface area contributed by atoms with Gasteiger partial charge in [-0.15, -0.1) is 0 Å². The van der Waals surface area contributed by atoms with Gasteiger partial charge in [-0.2, -0.15) is 8.42 Å². The molecule has 0 aliphatic carbocycles. The fourth-order valence-corrected chi connectivity index (χ4v) is 1.31. The molecule has 0 aromatic heterocycles. The maximum atomic E-state index is 10.5. The maximum Gasteiger partial charge on any atom is 0 e. The summed E-state index contributed by atoms with van der Waals surface area (Å²) in [5.41, 5.74) is 0. The summed E-state index contributed by atoms with van der Waals surface area (Å²) in [5.74, 6) is -0.948. The van der Waals surface area contributed by atoms with Crippen molar-refractivity contribution in [2.45, 2.75) is 4.90 Å². The summed E-state index contributed by atoms with van der Waals surface area (Å²) in [4.78, 5) is -0.706. The normalized spacial score (nSPS) is 9.79. The monoisotopic (exact) mass is 296 g/mol. The Labute approximate surface area is 124 Å². The van der Waals surface area contributed by atoms with Crippen LogP contribution in [0.3, 0.4) is 0 Å². The van der Waals surface area contributed by atoms with Crippen LogP contribution in [0.25, 0.3) is 0 Å². The van der Waals surface area contributed by atoms with Crippen LogP contribution in [0.5, 0.6) is 11.5 Å². The van der Waals surface area contributed by atoms with Gasteiger partial charge in [-0.3, -0.25) is 4.55 Å². The van der Waals surface area contributed by atoms with E-state index in [2.05, 4.69) is 0 Å². The first kappa shape index (κ1) is 17.0. The number of aromatic hydroxyl groups is 2. The third kappa shape index (κ3) is 4.42. The van der Waals surface area contributed by atoms with Crippen molar-refractivity contribution >= 4 is 47.9 Å². The van der Waals surface area contributed by atoms with E-state index in [9.17, 15) is 8.42 Å². The van der Waals surface area contributed by atoms with Crippen LogP contribution in [0.2, 0.25) is 0 Å². The van der Waals surface area contributed by atoms with Crippen molar-refractivity contribution in [3.63, 3.8) is 0 Å². The van der Waals surface area contributed by atoms with Crippen LogP contribution < -0.4 is 0 Å². The zero-order chi connectivity index (χ0) is 9.35. The number of phenols is 2. The summed E-state index contributed by atoms with van der Waals surface area (Å²) in [7, 11) is -4.47.